The molecule has 108 valence electrons. The van der Waals surface area contributed by atoms with Crippen LogP contribution >= 0.6 is 11.6 Å². The van der Waals surface area contributed by atoms with Crippen molar-refractivity contribution in [1.29, 1.82) is 0 Å². The van der Waals surface area contributed by atoms with E-state index in [1.54, 1.807) is 19.1 Å². The lowest BCUT2D eigenvalue weighted by Crippen LogP contribution is -2.29. The quantitative estimate of drug-likeness (QED) is 0.927. The smallest absolute Gasteiger partial charge is 0.291 e. The van der Waals surface area contributed by atoms with E-state index in [4.69, 9.17) is 16.0 Å². The maximum atomic E-state index is 12.3. The highest BCUT2D eigenvalue weighted by molar-refractivity contribution is 6.30. The fraction of sp³-hybridized carbons (Fsp3) is 0.200. The van der Waals surface area contributed by atoms with E-state index < -0.39 is 0 Å². The molecule has 1 aromatic carbocycles. The predicted molar refractivity (Wildman–Crippen MR) is 77.9 cm³/mol. The largest absolute Gasteiger partial charge is 0.456 e. The summed E-state index contributed by atoms with van der Waals surface area (Å²) >= 11 is 5.98. The summed E-state index contributed by atoms with van der Waals surface area (Å²) in [7, 11) is 0. The molecule has 5 nitrogen and oxygen atoms in total. The van der Waals surface area contributed by atoms with Gasteiger partial charge in [0, 0.05) is 10.6 Å². The van der Waals surface area contributed by atoms with Crippen molar-refractivity contribution in [3.8, 4) is 11.1 Å². The van der Waals surface area contributed by atoms with Gasteiger partial charge in [-0.25, -0.2) is 0 Å². The number of amides is 2. The topological polar surface area (TPSA) is 62.6 Å². The molecule has 1 N–H and O–H groups in total. The second kappa shape index (κ2) is 5.26. The van der Waals surface area contributed by atoms with Gasteiger partial charge in [0.05, 0.1) is 6.67 Å². The maximum absolute atomic E-state index is 12.3. The molecular weight excluding hydrogens is 292 g/mol. The van der Waals surface area contributed by atoms with E-state index in [0.717, 1.165) is 11.1 Å². The molecule has 0 aliphatic carbocycles. The first-order chi connectivity index (χ1) is 10.0. The SMILES string of the molecule is Cc1oc(C(=O)N2CNC(=O)C2)cc1-c1cccc(Cl)c1. The average molecular weight is 305 g/mol. The Morgan fingerprint density at radius 1 is 1.38 bits per heavy atom. The Labute approximate surface area is 126 Å². The summed E-state index contributed by atoms with van der Waals surface area (Å²) < 4.78 is 5.54. The van der Waals surface area contributed by atoms with Crippen LogP contribution in [-0.4, -0.2) is 29.9 Å². The lowest BCUT2D eigenvalue weighted by molar-refractivity contribution is -0.118. The molecule has 0 spiro atoms. The fourth-order valence-corrected chi connectivity index (χ4v) is 2.49. The zero-order valence-electron chi connectivity index (χ0n) is 11.4. The summed E-state index contributed by atoms with van der Waals surface area (Å²) in [5.74, 6) is 0.393. The van der Waals surface area contributed by atoms with Gasteiger partial charge in [0.1, 0.15) is 12.3 Å². The molecule has 1 saturated heterocycles. The number of benzene rings is 1. The number of nitrogens with one attached hydrogen (secondary N) is 1. The van der Waals surface area contributed by atoms with Crippen LogP contribution in [0.15, 0.2) is 34.7 Å². The molecule has 0 saturated carbocycles. The number of hydrogen-bond acceptors (Lipinski definition) is 3. The Morgan fingerprint density at radius 2 is 2.19 bits per heavy atom. The number of hydrogen-bond donors (Lipinski definition) is 1. The predicted octanol–water partition coefficient (Wildman–Crippen LogP) is 2.44. The van der Waals surface area contributed by atoms with E-state index in [1.807, 2.05) is 18.2 Å². The van der Waals surface area contributed by atoms with Crippen LogP contribution in [0.4, 0.5) is 0 Å². The molecule has 0 radical (unpaired) electrons. The average Bonchev–Trinajstić information content (AvgIpc) is 3.04. The van der Waals surface area contributed by atoms with Gasteiger partial charge in [-0.05, 0) is 30.7 Å². The number of rotatable bonds is 2. The molecule has 1 aliphatic rings. The minimum absolute atomic E-state index is 0.0606. The van der Waals surface area contributed by atoms with Crippen LogP contribution in [0.3, 0.4) is 0 Å². The third-order valence-electron chi connectivity index (χ3n) is 3.35. The second-order valence-electron chi connectivity index (χ2n) is 4.85. The fourth-order valence-electron chi connectivity index (χ4n) is 2.30. The Morgan fingerprint density at radius 3 is 2.86 bits per heavy atom. The van der Waals surface area contributed by atoms with Crippen molar-refractivity contribution in [2.45, 2.75) is 6.92 Å². The molecule has 0 bridgehead atoms. The van der Waals surface area contributed by atoms with Gasteiger partial charge in [-0.2, -0.15) is 0 Å². The van der Waals surface area contributed by atoms with Gasteiger partial charge in [0.15, 0.2) is 5.76 Å². The van der Waals surface area contributed by atoms with E-state index in [9.17, 15) is 9.59 Å². The highest BCUT2D eigenvalue weighted by Gasteiger charge is 2.27. The van der Waals surface area contributed by atoms with Crippen molar-refractivity contribution in [3.05, 3.63) is 46.9 Å². The number of nitrogens with zero attached hydrogens (tertiary/aromatic N) is 1. The van der Waals surface area contributed by atoms with Gasteiger partial charge in [0.2, 0.25) is 5.91 Å². The number of carbonyl (C=O) groups is 2. The molecule has 0 unspecified atom stereocenters. The minimum atomic E-state index is -0.301. The van der Waals surface area contributed by atoms with Gasteiger partial charge in [-0.3, -0.25) is 9.59 Å². The molecule has 3 rings (SSSR count). The second-order valence-corrected chi connectivity index (χ2v) is 5.29. The Kier molecular flexibility index (Phi) is 3.43. The number of aryl methyl sites for hydroxylation is 1. The molecule has 21 heavy (non-hydrogen) atoms. The maximum Gasteiger partial charge on any atom is 0.291 e. The van der Waals surface area contributed by atoms with Crippen molar-refractivity contribution in [2.24, 2.45) is 0 Å². The van der Waals surface area contributed by atoms with Crippen LogP contribution in [0.2, 0.25) is 5.02 Å². The first-order valence-electron chi connectivity index (χ1n) is 6.47. The zero-order valence-corrected chi connectivity index (χ0v) is 12.1. The summed E-state index contributed by atoms with van der Waals surface area (Å²) in [5.41, 5.74) is 1.71. The van der Waals surface area contributed by atoms with Crippen LogP contribution in [0, 0.1) is 6.92 Å². The first kappa shape index (κ1) is 13.7. The Bertz CT molecular complexity index is 723. The molecular formula is C15H13ClN2O3. The Balaban J connectivity index is 1.91. The van der Waals surface area contributed by atoms with Crippen LogP contribution in [0.5, 0.6) is 0 Å². The van der Waals surface area contributed by atoms with E-state index in [2.05, 4.69) is 5.32 Å². The van der Waals surface area contributed by atoms with Gasteiger partial charge < -0.3 is 14.6 Å². The number of halogens is 1. The number of furan rings is 1. The van der Waals surface area contributed by atoms with Gasteiger partial charge in [-0.15, -0.1) is 0 Å². The summed E-state index contributed by atoms with van der Waals surface area (Å²) in [6, 6.07) is 9.03. The van der Waals surface area contributed by atoms with E-state index in [0.29, 0.717) is 10.8 Å². The molecule has 1 aromatic heterocycles. The molecule has 6 heteroatoms. The van der Waals surface area contributed by atoms with Crippen LogP contribution in [0.25, 0.3) is 11.1 Å². The summed E-state index contributed by atoms with van der Waals surface area (Å²) in [5, 5.41) is 3.21. The van der Waals surface area contributed by atoms with E-state index >= 15 is 0 Å². The van der Waals surface area contributed by atoms with Crippen LogP contribution < -0.4 is 5.32 Å². The van der Waals surface area contributed by atoms with Gasteiger partial charge >= 0.3 is 0 Å². The lowest BCUT2D eigenvalue weighted by atomic mass is 10.1. The normalized spacial score (nSPS) is 14.4. The minimum Gasteiger partial charge on any atom is -0.456 e. The highest BCUT2D eigenvalue weighted by Crippen LogP contribution is 2.29. The van der Waals surface area contributed by atoms with Crippen molar-refractivity contribution < 1.29 is 14.0 Å². The molecule has 1 aliphatic heterocycles. The standard InChI is InChI=1S/C15H13ClN2O3/c1-9-12(10-3-2-4-11(16)5-10)6-13(21-9)15(20)18-7-14(19)17-8-18/h2-6H,7-8H2,1H3,(H,17,19). The molecule has 2 aromatic rings. The monoisotopic (exact) mass is 304 g/mol. The molecule has 2 amide bonds. The first-order valence-corrected chi connectivity index (χ1v) is 6.85. The summed E-state index contributed by atoms with van der Waals surface area (Å²) in [6.07, 6.45) is 0. The number of carbonyl (C=O) groups excluding carboxylic acids is 2. The van der Waals surface area contributed by atoms with Crippen LogP contribution in [-0.2, 0) is 4.79 Å². The van der Waals surface area contributed by atoms with Crippen molar-refractivity contribution in [1.82, 2.24) is 10.2 Å². The van der Waals surface area contributed by atoms with Crippen LogP contribution in [0.1, 0.15) is 16.3 Å². The third kappa shape index (κ3) is 2.64. The van der Waals surface area contributed by atoms with Crippen molar-refractivity contribution in [3.63, 3.8) is 0 Å². The van der Waals surface area contributed by atoms with Gasteiger partial charge in [0.25, 0.3) is 5.91 Å². The molecule has 1 fully saturated rings. The molecule has 0 atom stereocenters. The molecule has 2 heterocycles. The Hall–Kier alpha value is -2.27. The summed E-state index contributed by atoms with van der Waals surface area (Å²) in [4.78, 5) is 24.8. The zero-order chi connectivity index (χ0) is 15.0. The summed E-state index contributed by atoms with van der Waals surface area (Å²) in [6.45, 7) is 2.06. The van der Waals surface area contributed by atoms with Gasteiger partial charge in [-0.1, -0.05) is 23.7 Å². The highest BCUT2D eigenvalue weighted by atomic mass is 35.5. The lowest BCUT2D eigenvalue weighted by Gasteiger charge is -2.10. The van der Waals surface area contributed by atoms with E-state index in [1.165, 1.54) is 4.90 Å². The van der Waals surface area contributed by atoms with E-state index in [-0.39, 0.29) is 30.8 Å². The van der Waals surface area contributed by atoms with Crippen molar-refractivity contribution in [2.75, 3.05) is 13.2 Å². The van der Waals surface area contributed by atoms with Crippen molar-refractivity contribution >= 4 is 23.4 Å². The third-order valence-corrected chi connectivity index (χ3v) is 3.59.